The van der Waals surface area contributed by atoms with Gasteiger partial charge in [-0.2, -0.15) is 0 Å². The molecule has 1 fully saturated rings. The molecule has 5 heteroatoms. The molecule has 0 spiro atoms. The summed E-state index contributed by atoms with van der Waals surface area (Å²) in [6, 6.07) is 6.31. The zero-order valence-corrected chi connectivity index (χ0v) is 13.5. The summed E-state index contributed by atoms with van der Waals surface area (Å²) < 4.78 is 0. The number of amides is 2. The molecule has 0 bridgehead atoms. The second kappa shape index (κ2) is 6.44. The first-order chi connectivity index (χ1) is 11.0. The van der Waals surface area contributed by atoms with Crippen LogP contribution in [0, 0.1) is 12.8 Å². The summed E-state index contributed by atoms with van der Waals surface area (Å²) in [5.41, 5.74) is 8.85. The fraction of sp³-hybridized carbons (Fsp3) is 0.444. The third-order valence-electron chi connectivity index (χ3n) is 4.78. The topological polar surface area (TPSA) is 79.2 Å². The van der Waals surface area contributed by atoms with Crippen molar-refractivity contribution in [2.24, 2.45) is 11.7 Å². The van der Waals surface area contributed by atoms with Gasteiger partial charge in [0.05, 0.1) is 0 Å². The smallest absolute Gasteiger partial charge is 0.222 e. The Morgan fingerprint density at radius 1 is 1.30 bits per heavy atom. The summed E-state index contributed by atoms with van der Waals surface area (Å²) in [6.07, 6.45) is 4.61. The van der Waals surface area contributed by atoms with E-state index in [1.807, 2.05) is 11.1 Å². The van der Waals surface area contributed by atoms with Gasteiger partial charge in [0.1, 0.15) is 0 Å². The van der Waals surface area contributed by atoms with E-state index < -0.39 is 0 Å². The molecule has 0 radical (unpaired) electrons. The molecule has 3 rings (SSSR count). The highest BCUT2D eigenvalue weighted by Crippen LogP contribution is 2.22. The van der Waals surface area contributed by atoms with Crippen LogP contribution in [0.5, 0.6) is 0 Å². The van der Waals surface area contributed by atoms with Gasteiger partial charge in [-0.25, -0.2) is 0 Å². The molecule has 1 aliphatic heterocycles. The first-order valence-electron chi connectivity index (χ1n) is 8.18. The largest absolute Gasteiger partial charge is 0.369 e. The van der Waals surface area contributed by atoms with Crippen LogP contribution in [0.3, 0.4) is 0 Å². The number of hydrogen-bond acceptors (Lipinski definition) is 2. The molecule has 2 heterocycles. The van der Waals surface area contributed by atoms with E-state index in [0.717, 1.165) is 11.9 Å². The minimum Gasteiger partial charge on any atom is -0.369 e. The number of primary amides is 1. The van der Waals surface area contributed by atoms with Crippen LogP contribution >= 0.6 is 0 Å². The van der Waals surface area contributed by atoms with E-state index >= 15 is 0 Å². The van der Waals surface area contributed by atoms with Crippen LogP contribution in [0.25, 0.3) is 10.9 Å². The number of piperidine rings is 1. The summed E-state index contributed by atoms with van der Waals surface area (Å²) in [6.45, 7) is 3.35. The lowest BCUT2D eigenvalue weighted by Gasteiger charge is -2.30. The molecule has 1 saturated heterocycles. The summed E-state index contributed by atoms with van der Waals surface area (Å²) in [5, 5.41) is 1.20. The number of H-pyrrole nitrogens is 1. The summed E-state index contributed by atoms with van der Waals surface area (Å²) in [4.78, 5) is 28.7. The Balaban J connectivity index is 1.58. The molecule has 0 aliphatic carbocycles. The molecule has 0 saturated carbocycles. The van der Waals surface area contributed by atoms with Gasteiger partial charge in [0, 0.05) is 42.5 Å². The second-order valence-electron chi connectivity index (χ2n) is 6.42. The maximum absolute atomic E-state index is 12.4. The van der Waals surface area contributed by atoms with Crippen LogP contribution in [0.4, 0.5) is 0 Å². The molecular formula is C18H23N3O2. The summed E-state index contributed by atoms with van der Waals surface area (Å²) in [5.74, 6) is -0.156. The van der Waals surface area contributed by atoms with Gasteiger partial charge in [0.15, 0.2) is 0 Å². The van der Waals surface area contributed by atoms with Gasteiger partial charge in [-0.1, -0.05) is 11.6 Å². The standard InChI is InChI=1S/C18H23N3O2/c1-12-2-4-16-15(10-12)14(11-20-16)3-5-17(22)21-8-6-13(7-9-21)18(19)23/h2,4,10-11,13,20H,3,5-9H2,1H3,(H2,19,23). The highest BCUT2D eigenvalue weighted by molar-refractivity contribution is 5.85. The molecule has 1 aliphatic rings. The van der Waals surface area contributed by atoms with Crippen LogP contribution in [0.15, 0.2) is 24.4 Å². The van der Waals surface area contributed by atoms with Gasteiger partial charge in [0.25, 0.3) is 0 Å². The Labute approximate surface area is 135 Å². The number of aryl methyl sites for hydroxylation is 2. The molecule has 2 aromatic rings. The number of fused-ring (bicyclic) bond motifs is 1. The number of nitrogens with two attached hydrogens (primary N) is 1. The monoisotopic (exact) mass is 313 g/mol. The fourth-order valence-electron chi connectivity index (χ4n) is 3.31. The lowest BCUT2D eigenvalue weighted by Crippen LogP contribution is -2.41. The van der Waals surface area contributed by atoms with E-state index in [9.17, 15) is 9.59 Å². The van der Waals surface area contributed by atoms with Crippen molar-refractivity contribution in [2.45, 2.75) is 32.6 Å². The Morgan fingerprint density at radius 2 is 2.04 bits per heavy atom. The normalized spacial score (nSPS) is 16.0. The van der Waals surface area contributed by atoms with E-state index in [4.69, 9.17) is 5.73 Å². The van der Waals surface area contributed by atoms with Crippen molar-refractivity contribution in [3.05, 3.63) is 35.5 Å². The Morgan fingerprint density at radius 3 is 2.74 bits per heavy atom. The number of hydrogen-bond donors (Lipinski definition) is 2. The third kappa shape index (κ3) is 3.38. The molecule has 1 aromatic carbocycles. The first-order valence-corrected chi connectivity index (χ1v) is 8.18. The molecule has 0 unspecified atom stereocenters. The first kappa shape index (κ1) is 15.6. The van der Waals surface area contributed by atoms with Crippen LogP contribution in [-0.2, 0) is 16.0 Å². The van der Waals surface area contributed by atoms with Gasteiger partial charge in [-0.3, -0.25) is 9.59 Å². The van der Waals surface area contributed by atoms with Crippen LogP contribution < -0.4 is 5.73 Å². The number of nitrogens with zero attached hydrogens (tertiary/aromatic N) is 1. The van der Waals surface area contributed by atoms with Crippen LogP contribution in [0.1, 0.15) is 30.4 Å². The van der Waals surface area contributed by atoms with Gasteiger partial charge in [-0.15, -0.1) is 0 Å². The molecule has 1 aromatic heterocycles. The maximum Gasteiger partial charge on any atom is 0.222 e. The quantitative estimate of drug-likeness (QED) is 0.907. The number of carbonyl (C=O) groups excluding carboxylic acids is 2. The van der Waals surface area contributed by atoms with E-state index in [1.54, 1.807) is 0 Å². The van der Waals surface area contributed by atoms with Crippen molar-refractivity contribution in [3.63, 3.8) is 0 Å². The molecule has 2 amide bonds. The fourth-order valence-corrected chi connectivity index (χ4v) is 3.31. The van der Waals surface area contributed by atoms with E-state index in [2.05, 4.69) is 30.1 Å². The predicted molar refractivity (Wildman–Crippen MR) is 89.9 cm³/mol. The highest BCUT2D eigenvalue weighted by Gasteiger charge is 2.25. The molecule has 5 nitrogen and oxygen atoms in total. The molecule has 122 valence electrons. The predicted octanol–water partition coefficient (Wildman–Crippen LogP) is 2.13. The number of rotatable bonds is 4. The SMILES string of the molecule is Cc1ccc2[nH]cc(CCC(=O)N3CCC(C(N)=O)CC3)c2c1. The van der Waals surface area contributed by atoms with Crippen molar-refractivity contribution >= 4 is 22.7 Å². The minimum absolute atomic E-state index is 0.0735. The second-order valence-corrected chi connectivity index (χ2v) is 6.42. The van der Waals surface area contributed by atoms with Gasteiger partial charge in [0.2, 0.25) is 11.8 Å². The van der Waals surface area contributed by atoms with Crippen LogP contribution in [0.2, 0.25) is 0 Å². The average molecular weight is 313 g/mol. The molecule has 0 atom stereocenters. The van der Waals surface area contributed by atoms with Crippen molar-refractivity contribution in [1.29, 1.82) is 0 Å². The van der Waals surface area contributed by atoms with Crippen molar-refractivity contribution < 1.29 is 9.59 Å². The van der Waals surface area contributed by atoms with E-state index in [-0.39, 0.29) is 17.7 Å². The summed E-state index contributed by atoms with van der Waals surface area (Å²) >= 11 is 0. The Bertz CT molecular complexity index is 727. The van der Waals surface area contributed by atoms with Crippen LogP contribution in [-0.4, -0.2) is 34.8 Å². The Kier molecular flexibility index (Phi) is 4.37. The van der Waals surface area contributed by atoms with Gasteiger partial charge in [-0.05, 0) is 43.9 Å². The van der Waals surface area contributed by atoms with Crippen molar-refractivity contribution in [2.75, 3.05) is 13.1 Å². The highest BCUT2D eigenvalue weighted by atomic mass is 16.2. The number of likely N-dealkylation sites (tertiary alicyclic amines) is 1. The lowest BCUT2D eigenvalue weighted by molar-refractivity contribution is -0.134. The zero-order valence-electron chi connectivity index (χ0n) is 13.5. The number of nitrogens with one attached hydrogen (secondary N) is 1. The number of carbonyl (C=O) groups is 2. The molecule has 23 heavy (non-hydrogen) atoms. The van der Waals surface area contributed by atoms with Gasteiger partial charge < -0.3 is 15.6 Å². The van der Waals surface area contributed by atoms with Crippen molar-refractivity contribution in [3.8, 4) is 0 Å². The summed E-state index contributed by atoms with van der Waals surface area (Å²) in [7, 11) is 0. The average Bonchev–Trinajstić information content (AvgIpc) is 2.95. The van der Waals surface area contributed by atoms with Gasteiger partial charge >= 0.3 is 0 Å². The molecule has 3 N–H and O–H groups in total. The third-order valence-corrected chi connectivity index (χ3v) is 4.78. The molecular weight excluding hydrogens is 290 g/mol. The Hall–Kier alpha value is -2.30. The number of aromatic nitrogens is 1. The lowest BCUT2D eigenvalue weighted by atomic mass is 9.96. The van der Waals surface area contributed by atoms with E-state index in [1.165, 1.54) is 16.5 Å². The minimum atomic E-state index is -0.244. The maximum atomic E-state index is 12.4. The number of aromatic amines is 1. The van der Waals surface area contributed by atoms with E-state index in [0.29, 0.717) is 32.4 Å². The number of benzene rings is 1. The van der Waals surface area contributed by atoms with Crippen molar-refractivity contribution in [1.82, 2.24) is 9.88 Å². The zero-order chi connectivity index (χ0) is 16.4.